The molecule has 3 nitrogen and oxygen atoms in total. The second kappa shape index (κ2) is 5.85. The number of hydrogen-bond acceptors (Lipinski definition) is 2. The lowest BCUT2D eigenvalue weighted by Crippen LogP contribution is -2.16. The van der Waals surface area contributed by atoms with Crippen LogP contribution in [0.2, 0.25) is 0 Å². The monoisotopic (exact) mass is 244 g/mol. The molecule has 2 N–H and O–H groups in total. The molecule has 3 heteroatoms. The van der Waals surface area contributed by atoms with Gasteiger partial charge in [-0.25, -0.2) is 0 Å². The lowest BCUT2D eigenvalue weighted by atomic mass is 10.1. The molecule has 1 unspecified atom stereocenters. The first-order valence-electron chi connectivity index (χ1n) is 6.25. The second-order valence-electron chi connectivity index (χ2n) is 4.55. The Hall–Kier alpha value is -1.58. The normalized spacial score (nSPS) is 12.6. The summed E-state index contributed by atoms with van der Waals surface area (Å²) < 4.78 is 2.25. The number of aliphatic hydroxyl groups is 1. The summed E-state index contributed by atoms with van der Waals surface area (Å²) in [7, 11) is 1.97. The van der Waals surface area contributed by atoms with Crippen molar-refractivity contribution in [2.45, 2.75) is 26.1 Å². The minimum atomic E-state index is 0.103. The molecule has 2 aromatic rings. The van der Waals surface area contributed by atoms with Gasteiger partial charge in [-0.05, 0) is 37.2 Å². The van der Waals surface area contributed by atoms with Crippen molar-refractivity contribution >= 4 is 0 Å². The number of nitrogens with one attached hydrogen (secondary N) is 1. The highest BCUT2D eigenvalue weighted by atomic mass is 16.3. The highest BCUT2D eigenvalue weighted by Crippen LogP contribution is 2.15. The van der Waals surface area contributed by atoms with Crippen LogP contribution in [0.4, 0.5) is 0 Å². The topological polar surface area (TPSA) is 37.2 Å². The smallest absolute Gasteiger partial charge is 0.0681 e. The molecular formula is C15H20N2O. The summed E-state index contributed by atoms with van der Waals surface area (Å²) in [6.07, 6.45) is 2.10. The van der Waals surface area contributed by atoms with Crippen LogP contribution < -0.4 is 5.32 Å². The van der Waals surface area contributed by atoms with Crippen molar-refractivity contribution in [3.63, 3.8) is 0 Å². The average molecular weight is 244 g/mol. The van der Waals surface area contributed by atoms with Crippen molar-refractivity contribution in [3.05, 3.63) is 59.4 Å². The van der Waals surface area contributed by atoms with Gasteiger partial charge in [0.25, 0.3) is 0 Å². The van der Waals surface area contributed by atoms with Gasteiger partial charge in [0.1, 0.15) is 0 Å². The van der Waals surface area contributed by atoms with E-state index in [1.807, 2.05) is 19.2 Å². The summed E-state index contributed by atoms with van der Waals surface area (Å²) in [5, 5.41) is 12.3. The Morgan fingerprint density at radius 2 is 1.83 bits per heavy atom. The van der Waals surface area contributed by atoms with Gasteiger partial charge in [-0.2, -0.15) is 0 Å². The van der Waals surface area contributed by atoms with Crippen molar-refractivity contribution in [2.24, 2.45) is 0 Å². The summed E-state index contributed by atoms with van der Waals surface area (Å²) in [4.78, 5) is 0. The molecule has 0 fully saturated rings. The van der Waals surface area contributed by atoms with Gasteiger partial charge >= 0.3 is 0 Å². The van der Waals surface area contributed by atoms with Crippen molar-refractivity contribution in [1.29, 1.82) is 0 Å². The zero-order valence-electron chi connectivity index (χ0n) is 10.9. The molecule has 18 heavy (non-hydrogen) atoms. The third kappa shape index (κ3) is 2.81. The minimum Gasteiger partial charge on any atom is -0.392 e. The van der Waals surface area contributed by atoms with Gasteiger partial charge in [0.05, 0.1) is 6.61 Å². The first-order chi connectivity index (χ1) is 8.74. The Balaban J connectivity index is 2.15. The summed E-state index contributed by atoms with van der Waals surface area (Å²) in [5.74, 6) is 0. The first-order valence-corrected chi connectivity index (χ1v) is 6.25. The van der Waals surface area contributed by atoms with Gasteiger partial charge in [0.2, 0.25) is 0 Å². The van der Waals surface area contributed by atoms with Crippen molar-refractivity contribution in [2.75, 3.05) is 7.05 Å². The van der Waals surface area contributed by atoms with E-state index in [0.29, 0.717) is 6.04 Å². The van der Waals surface area contributed by atoms with Gasteiger partial charge in [-0.3, -0.25) is 0 Å². The van der Waals surface area contributed by atoms with Crippen LogP contribution in [-0.4, -0.2) is 16.7 Å². The first kappa shape index (κ1) is 12.9. The summed E-state index contributed by atoms with van der Waals surface area (Å²) in [6.45, 7) is 3.12. The highest BCUT2D eigenvalue weighted by Gasteiger charge is 2.07. The van der Waals surface area contributed by atoms with E-state index < -0.39 is 0 Å². The predicted octanol–water partition coefficient (Wildman–Crippen LogP) is 2.31. The van der Waals surface area contributed by atoms with E-state index in [1.54, 1.807) is 0 Å². The standard InChI is InChI=1S/C15H20N2O/c1-12(16-2)15-4-3-9-17(15)10-13-5-7-14(11-18)8-6-13/h3-9,12,16,18H,10-11H2,1-2H3. The Bertz CT molecular complexity index is 487. The van der Waals surface area contributed by atoms with Crippen LogP contribution in [0.5, 0.6) is 0 Å². The minimum absolute atomic E-state index is 0.103. The Morgan fingerprint density at radius 1 is 1.17 bits per heavy atom. The van der Waals surface area contributed by atoms with Crippen LogP contribution in [0.3, 0.4) is 0 Å². The van der Waals surface area contributed by atoms with Crippen LogP contribution in [0.15, 0.2) is 42.6 Å². The Morgan fingerprint density at radius 3 is 2.44 bits per heavy atom. The van der Waals surface area contributed by atoms with Crippen LogP contribution >= 0.6 is 0 Å². The molecule has 1 atom stereocenters. The molecule has 0 radical (unpaired) electrons. The fourth-order valence-corrected chi connectivity index (χ4v) is 2.06. The molecule has 0 saturated heterocycles. The lowest BCUT2D eigenvalue weighted by molar-refractivity contribution is 0.282. The summed E-state index contributed by atoms with van der Waals surface area (Å²) >= 11 is 0. The molecule has 0 aliphatic rings. The lowest BCUT2D eigenvalue weighted by Gasteiger charge is -2.15. The highest BCUT2D eigenvalue weighted by molar-refractivity contribution is 5.23. The van der Waals surface area contributed by atoms with Crippen LogP contribution in [0, 0.1) is 0 Å². The molecule has 0 aliphatic carbocycles. The van der Waals surface area contributed by atoms with Gasteiger partial charge in [-0.1, -0.05) is 24.3 Å². The number of hydrogen-bond donors (Lipinski definition) is 2. The van der Waals surface area contributed by atoms with Crippen molar-refractivity contribution in [3.8, 4) is 0 Å². The zero-order chi connectivity index (χ0) is 13.0. The number of rotatable bonds is 5. The quantitative estimate of drug-likeness (QED) is 0.847. The molecule has 0 spiro atoms. The zero-order valence-corrected chi connectivity index (χ0v) is 10.9. The van der Waals surface area contributed by atoms with Crippen molar-refractivity contribution < 1.29 is 5.11 Å². The maximum absolute atomic E-state index is 9.02. The van der Waals surface area contributed by atoms with Gasteiger partial charge in [0.15, 0.2) is 0 Å². The Labute approximate surface area is 108 Å². The average Bonchev–Trinajstić information content (AvgIpc) is 2.87. The molecule has 0 aliphatic heterocycles. The third-order valence-corrected chi connectivity index (χ3v) is 3.30. The fraction of sp³-hybridized carbons (Fsp3) is 0.333. The molecule has 0 saturated carbocycles. The molecule has 1 aromatic heterocycles. The van der Waals surface area contributed by atoms with Gasteiger partial charge in [0, 0.05) is 24.5 Å². The molecule has 1 aromatic carbocycles. The number of nitrogens with zero attached hydrogens (tertiary/aromatic N) is 1. The van der Waals surface area contributed by atoms with E-state index in [9.17, 15) is 0 Å². The molecule has 96 valence electrons. The van der Waals surface area contributed by atoms with E-state index in [0.717, 1.165) is 12.1 Å². The third-order valence-electron chi connectivity index (χ3n) is 3.30. The van der Waals surface area contributed by atoms with E-state index in [4.69, 9.17) is 5.11 Å². The number of aromatic nitrogens is 1. The maximum atomic E-state index is 9.02. The molecule has 2 rings (SSSR count). The van der Waals surface area contributed by atoms with E-state index in [-0.39, 0.29) is 6.61 Å². The van der Waals surface area contributed by atoms with E-state index in [2.05, 4.69) is 47.3 Å². The Kier molecular flexibility index (Phi) is 4.18. The molecule has 0 amide bonds. The maximum Gasteiger partial charge on any atom is 0.0681 e. The molecular weight excluding hydrogens is 224 g/mol. The second-order valence-corrected chi connectivity index (χ2v) is 4.55. The number of benzene rings is 1. The molecule has 0 bridgehead atoms. The van der Waals surface area contributed by atoms with Crippen molar-refractivity contribution in [1.82, 2.24) is 9.88 Å². The van der Waals surface area contributed by atoms with E-state index >= 15 is 0 Å². The van der Waals surface area contributed by atoms with Crippen LogP contribution in [0.1, 0.15) is 29.8 Å². The van der Waals surface area contributed by atoms with Gasteiger partial charge in [-0.15, -0.1) is 0 Å². The van der Waals surface area contributed by atoms with Crippen LogP contribution in [-0.2, 0) is 13.2 Å². The van der Waals surface area contributed by atoms with E-state index in [1.165, 1.54) is 11.3 Å². The summed E-state index contributed by atoms with van der Waals surface area (Å²) in [5.41, 5.74) is 3.48. The fourth-order valence-electron chi connectivity index (χ4n) is 2.06. The SMILES string of the molecule is CNC(C)c1cccn1Cc1ccc(CO)cc1. The molecule has 1 heterocycles. The summed E-state index contributed by atoms with van der Waals surface area (Å²) in [6, 6.07) is 12.6. The van der Waals surface area contributed by atoms with Gasteiger partial charge < -0.3 is 15.0 Å². The predicted molar refractivity (Wildman–Crippen MR) is 73.4 cm³/mol. The largest absolute Gasteiger partial charge is 0.392 e. The van der Waals surface area contributed by atoms with Crippen LogP contribution in [0.25, 0.3) is 0 Å². The number of aliphatic hydroxyl groups excluding tert-OH is 1.